The minimum Gasteiger partial charge on any atom is -0.441 e. The van der Waals surface area contributed by atoms with Crippen LogP contribution in [0.5, 0.6) is 0 Å². The van der Waals surface area contributed by atoms with Crippen LogP contribution < -0.4 is 15.5 Å². The van der Waals surface area contributed by atoms with E-state index in [0.717, 1.165) is 23.4 Å². The van der Waals surface area contributed by atoms with Crippen molar-refractivity contribution in [3.05, 3.63) is 46.7 Å². The Bertz CT molecular complexity index is 1090. The van der Waals surface area contributed by atoms with Crippen molar-refractivity contribution < 1.29 is 14.3 Å². The van der Waals surface area contributed by atoms with Crippen molar-refractivity contribution in [2.75, 3.05) is 29.9 Å². The molecule has 3 aliphatic rings. The molecule has 34 heavy (non-hydrogen) atoms. The van der Waals surface area contributed by atoms with Gasteiger partial charge in [-0.3, -0.25) is 10.1 Å². The lowest BCUT2D eigenvalue weighted by Gasteiger charge is -2.38. The van der Waals surface area contributed by atoms with Crippen molar-refractivity contribution in [3.8, 4) is 0 Å². The number of rotatable bonds is 6. The number of hydrogen-bond donors (Lipinski definition) is 2. The molecule has 2 amide bonds. The van der Waals surface area contributed by atoms with Crippen LogP contribution in [0.1, 0.15) is 50.3 Å². The van der Waals surface area contributed by atoms with Crippen LogP contribution in [0, 0.1) is 0 Å². The minimum atomic E-state index is -0.507. The summed E-state index contributed by atoms with van der Waals surface area (Å²) in [6.07, 6.45) is 1.41. The number of fused-ring (bicyclic) bond motifs is 2. The van der Waals surface area contributed by atoms with Crippen LogP contribution in [-0.4, -0.2) is 64.6 Å². The van der Waals surface area contributed by atoms with E-state index in [2.05, 4.69) is 39.3 Å². The number of halogens is 1. The fourth-order valence-corrected chi connectivity index (χ4v) is 5.08. The summed E-state index contributed by atoms with van der Waals surface area (Å²) in [6, 6.07) is 8.16. The molecule has 2 aromatic rings. The van der Waals surface area contributed by atoms with Crippen LogP contribution in [-0.2, 0) is 9.53 Å². The van der Waals surface area contributed by atoms with Crippen LogP contribution in [0.4, 0.5) is 16.4 Å². The van der Waals surface area contributed by atoms with E-state index >= 15 is 0 Å². The first-order valence-corrected chi connectivity index (χ1v) is 12.1. The van der Waals surface area contributed by atoms with Crippen molar-refractivity contribution in [2.45, 2.75) is 57.3 Å². The third-order valence-corrected chi connectivity index (χ3v) is 6.99. The Morgan fingerprint density at radius 3 is 2.74 bits per heavy atom. The number of nitrogens with one attached hydrogen (secondary N) is 2. The molecule has 10 heteroatoms. The molecule has 4 atom stereocenters. The molecular formula is C24H29ClN6O3. The number of ether oxygens (including phenoxy) is 1. The van der Waals surface area contributed by atoms with Gasteiger partial charge in [0.2, 0.25) is 5.91 Å². The standard InChI is InChI=1S/C24H29ClN6O3/c1-13(2)26-11-17(15-4-6-16(25)7-5-15)23(32)31-9-8-30(18-10-19(18)31)22-20-14(3)34-24(33)29-21(20)27-12-28-22/h4-7,12-14,17-19,26H,8-11H2,1-3H3,(H,27,28,29,33)/t14-,17-,18?,19-/m1/s1. The fourth-order valence-electron chi connectivity index (χ4n) is 4.95. The van der Waals surface area contributed by atoms with Gasteiger partial charge < -0.3 is 19.9 Å². The Morgan fingerprint density at radius 1 is 1.24 bits per heavy atom. The Labute approximate surface area is 203 Å². The number of hydrogen-bond acceptors (Lipinski definition) is 7. The minimum absolute atomic E-state index is 0.134. The molecule has 5 rings (SSSR count). The van der Waals surface area contributed by atoms with Gasteiger partial charge in [0.25, 0.3) is 0 Å². The van der Waals surface area contributed by atoms with Crippen LogP contribution >= 0.6 is 11.6 Å². The Kier molecular flexibility index (Phi) is 6.07. The van der Waals surface area contributed by atoms with Gasteiger partial charge in [-0.2, -0.15) is 0 Å². The lowest BCUT2D eigenvalue weighted by Crippen LogP contribution is -2.51. The average Bonchev–Trinajstić information content (AvgIpc) is 3.60. The fraction of sp³-hybridized carbons (Fsp3) is 0.500. The molecule has 2 N–H and O–H groups in total. The van der Waals surface area contributed by atoms with Crippen molar-refractivity contribution in [1.29, 1.82) is 0 Å². The number of benzene rings is 1. The first-order valence-electron chi connectivity index (χ1n) is 11.7. The quantitative estimate of drug-likeness (QED) is 0.648. The Morgan fingerprint density at radius 2 is 2.00 bits per heavy atom. The molecular weight excluding hydrogens is 456 g/mol. The predicted molar refractivity (Wildman–Crippen MR) is 129 cm³/mol. The van der Waals surface area contributed by atoms with Crippen molar-refractivity contribution in [3.63, 3.8) is 0 Å². The van der Waals surface area contributed by atoms with Crippen molar-refractivity contribution >= 4 is 35.2 Å². The molecule has 0 spiro atoms. The van der Waals surface area contributed by atoms with E-state index in [-0.39, 0.29) is 30.0 Å². The van der Waals surface area contributed by atoms with Crippen LogP contribution in [0.3, 0.4) is 0 Å². The molecule has 1 saturated carbocycles. The molecule has 9 nitrogen and oxygen atoms in total. The number of anilines is 2. The maximum absolute atomic E-state index is 13.7. The Balaban J connectivity index is 1.35. The monoisotopic (exact) mass is 484 g/mol. The highest BCUT2D eigenvalue weighted by molar-refractivity contribution is 6.30. The summed E-state index contributed by atoms with van der Waals surface area (Å²) < 4.78 is 5.35. The third kappa shape index (κ3) is 4.30. The number of carbonyl (C=O) groups is 2. The van der Waals surface area contributed by atoms with Crippen LogP contribution in [0.15, 0.2) is 30.6 Å². The van der Waals surface area contributed by atoms with Gasteiger partial charge in [0.1, 0.15) is 24.1 Å². The maximum Gasteiger partial charge on any atom is 0.413 e. The van der Waals surface area contributed by atoms with Gasteiger partial charge in [0.15, 0.2) is 0 Å². The van der Waals surface area contributed by atoms with Crippen LogP contribution in [0.25, 0.3) is 0 Å². The maximum atomic E-state index is 13.7. The molecule has 1 unspecified atom stereocenters. The summed E-state index contributed by atoms with van der Waals surface area (Å²) in [7, 11) is 0. The Hall–Kier alpha value is -2.91. The van der Waals surface area contributed by atoms with Gasteiger partial charge in [0, 0.05) is 30.7 Å². The smallest absolute Gasteiger partial charge is 0.413 e. The molecule has 0 radical (unpaired) electrons. The molecule has 1 aromatic heterocycles. The lowest BCUT2D eigenvalue weighted by molar-refractivity contribution is -0.133. The highest BCUT2D eigenvalue weighted by atomic mass is 35.5. The second-order valence-corrected chi connectivity index (χ2v) is 9.83. The number of piperazine rings is 1. The van der Waals surface area contributed by atoms with Gasteiger partial charge in [0.05, 0.1) is 23.6 Å². The second-order valence-electron chi connectivity index (χ2n) is 9.39. The van der Waals surface area contributed by atoms with Gasteiger partial charge in [-0.25, -0.2) is 14.8 Å². The van der Waals surface area contributed by atoms with E-state index in [4.69, 9.17) is 16.3 Å². The van der Waals surface area contributed by atoms with Gasteiger partial charge in [-0.1, -0.05) is 37.6 Å². The zero-order valence-corrected chi connectivity index (χ0v) is 20.2. The zero-order valence-electron chi connectivity index (χ0n) is 19.5. The second kappa shape index (κ2) is 9.03. The summed E-state index contributed by atoms with van der Waals surface area (Å²) in [4.78, 5) is 38.5. The van der Waals surface area contributed by atoms with Crippen molar-refractivity contribution in [2.24, 2.45) is 0 Å². The number of cyclic esters (lactones) is 1. The molecule has 1 saturated heterocycles. The highest BCUT2D eigenvalue weighted by Crippen LogP contribution is 2.44. The molecule has 1 aliphatic carbocycles. The average molecular weight is 485 g/mol. The summed E-state index contributed by atoms with van der Waals surface area (Å²) in [5.74, 6) is 1.12. The molecule has 0 bridgehead atoms. The van der Waals surface area contributed by atoms with E-state index < -0.39 is 12.2 Å². The SMILES string of the molecule is CC(C)NC[C@@H](C(=O)N1CCN(c2ncnc3c2[C@@H](C)OC(=O)N3)C2C[C@H]21)c1ccc(Cl)cc1. The summed E-state index contributed by atoms with van der Waals surface area (Å²) >= 11 is 6.09. The van der Waals surface area contributed by atoms with Crippen LogP contribution in [0.2, 0.25) is 5.02 Å². The van der Waals surface area contributed by atoms with Gasteiger partial charge >= 0.3 is 6.09 Å². The summed E-state index contributed by atoms with van der Waals surface area (Å²) in [6.45, 7) is 7.81. The number of amides is 2. The lowest BCUT2D eigenvalue weighted by atomic mass is 9.96. The topological polar surface area (TPSA) is 99.7 Å². The van der Waals surface area contributed by atoms with E-state index in [9.17, 15) is 9.59 Å². The summed E-state index contributed by atoms with van der Waals surface area (Å²) in [5.41, 5.74) is 1.75. The predicted octanol–water partition coefficient (Wildman–Crippen LogP) is 3.32. The molecule has 180 valence electrons. The third-order valence-electron chi connectivity index (χ3n) is 6.74. The van der Waals surface area contributed by atoms with E-state index in [0.29, 0.717) is 30.5 Å². The van der Waals surface area contributed by atoms with Gasteiger partial charge in [-0.15, -0.1) is 0 Å². The highest BCUT2D eigenvalue weighted by Gasteiger charge is 2.52. The van der Waals surface area contributed by atoms with E-state index in [1.807, 2.05) is 36.1 Å². The van der Waals surface area contributed by atoms with Crippen molar-refractivity contribution in [1.82, 2.24) is 20.2 Å². The summed E-state index contributed by atoms with van der Waals surface area (Å²) in [5, 5.41) is 6.75. The normalized spacial score (nSPS) is 24.1. The molecule has 2 fully saturated rings. The van der Waals surface area contributed by atoms with Gasteiger partial charge in [-0.05, 0) is 31.0 Å². The van der Waals surface area contributed by atoms with E-state index in [1.54, 1.807) is 0 Å². The number of nitrogens with zero attached hydrogens (tertiary/aromatic N) is 4. The number of aromatic nitrogens is 2. The largest absolute Gasteiger partial charge is 0.441 e. The molecule has 3 heterocycles. The first kappa shape index (κ1) is 22.9. The zero-order chi connectivity index (χ0) is 24.0. The first-order chi connectivity index (χ1) is 16.3. The van der Waals surface area contributed by atoms with E-state index in [1.165, 1.54) is 6.33 Å². The molecule has 1 aromatic carbocycles. The molecule has 2 aliphatic heterocycles. The number of carbonyl (C=O) groups excluding carboxylic acids is 2.